The molecule has 0 aliphatic carbocycles. The Kier molecular flexibility index (Phi) is 5.59. The van der Waals surface area contributed by atoms with Crippen LogP contribution in [0, 0.1) is 0 Å². The highest BCUT2D eigenvalue weighted by Gasteiger charge is 2.47. The van der Waals surface area contributed by atoms with Crippen LogP contribution in [-0.4, -0.2) is 26.3 Å². The van der Waals surface area contributed by atoms with E-state index in [9.17, 15) is 31.5 Å². The molecule has 2 aliphatic rings. The van der Waals surface area contributed by atoms with Crippen molar-refractivity contribution < 1.29 is 41.0 Å². The fourth-order valence-corrected chi connectivity index (χ4v) is 6.87. The third kappa shape index (κ3) is 3.63. The topological polar surface area (TPSA) is 89.9 Å². The summed E-state index contributed by atoms with van der Waals surface area (Å²) in [5.74, 6) is -0.796. The number of ether oxygens (including phenoxy) is 2. The van der Waals surface area contributed by atoms with Crippen molar-refractivity contribution in [1.82, 2.24) is 0 Å². The molecule has 0 fully saturated rings. The van der Waals surface area contributed by atoms with Crippen molar-refractivity contribution in [3.8, 4) is 11.5 Å². The summed E-state index contributed by atoms with van der Waals surface area (Å²) in [6, 6.07) is 13.1. The van der Waals surface area contributed by atoms with Crippen molar-refractivity contribution in [3.05, 3.63) is 94.1 Å². The van der Waals surface area contributed by atoms with Crippen LogP contribution in [0.5, 0.6) is 11.5 Å². The van der Waals surface area contributed by atoms with Gasteiger partial charge in [-0.1, -0.05) is 43.3 Å². The molecule has 6 nitrogen and oxygen atoms in total. The van der Waals surface area contributed by atoms with Crippen LogP contribution >= 0.6 is 0 Å². The lowest BCUT2D eigenvalue weighted by Crippen LogP contribution is -2.29. The average Bonchev–Trinajstić information content (AvgIpc) is 3.31. The highest BCUT2D eigenvalue weighted by Crippen LogP contribution is 2.51. The van der Waals surface area contributed by atoms with Gasteiger partial charge in [-0.25, -0.2) is 13.2 Å². The van der Waals surface area contributed by atoms with Crippen LogP contribution in [0.25, 0.3) is 5.57 Å². The summed E-state index contributed by atoms with van der Waals surface area (Å²) >= 11 is 0. The number of halogens is 3. The summed E-state index contributed by atoms with van der Waals surface area (Å²) in [4.78, 5) is 12.5. The van der Waals surface area contributed by atoms with E-state index >= 15 is 0 Å². The van der Waals surface area contributed by atoms with Crippen molar-refractivity contribution in [2.45, 2.75) is 29.7 Å². The summed E-state index contributed by atoms with van der Waals surface area (Å²) < 4.78 is 80.5. The molecule has 1 N–H and O–H groups in total. The zero-order valence-corrected chi connectivity index (χ0v) is 19.6. The Bertz CT molecular complexity index is 1540. The molecule has 3 aromatic carbocycles. The van der Waals surface area contributed by atoms with Crippen molar-refractivity contribution in [2.24, 2.45) is 0 Å². The number of alkyl halides is 3. The molecule has 1 atom stereocenters. The molecule has 0 amide bonds. The lowest BCUT2D eigenvalue weighted by Gasteiger charge is -2.30. The lowest BCUT2D eigenvalue weighted by molar-refractivity contribution is -0.138. The van der Waals surface area contributed by atoms with Crippen LogP contribution < -0.4 is 9.47 Å². The number of aliphatic carboxylic acids is 1. The Morgan fingerprint density at radius 3 is 2.44 bits per heavy atom. The smallest absolute Gasteiger partial charge is 0.416 e. The third-order valence-corrected chi connectivity index (χ3v) is 8.38. The number of carboxylic acids is 1. The number of hydrogen-bond acceptors (Lipinski definition) is 5. The molecule has 0 saturated carbocycles. The third-order valence-electron chi connectivity index (χ3n) is 6.30. The number of carbonyl (C=O) groups is 1. The first kappa shape index (κ1) is 23.9. The van der Waals surface area contributed by atoms with Crippen LogP contribution in [0.2, 0.25) is 0 Å². The Balaban J connectivity index is 1.92. The molecule has 186 valence electrons. The van der Waals surface area contributed by atoms with E-state index in [0.717, 1.165) is 18.2 Å². The van der Waals surface area contributed by atoms with E-state index in [1.165, 1.54) is 30.3 Å². The SMILES string of the molecule is CCc1cc(C2=C(C(=O)O)C(c3ccccc3C(F)(F)F)S(=O)(=O)c3ccccc32)cc2c1OCO2. The fraction of sp³-hybridized carbons (Fsp3) is 0.192. The molecular formula is C26H19F3O6S. The lowest BCUT2D eigenvalue weighted by atomic mass is 9.86. The fourth-order valence-electron chi connectivity index (χ4n) is 4.81. The molecule has 36 heavy (non-hydrogen) atoms. The minimum Gasteiger partial charge on any atom is -0.478 e. The molecular weight excluding hydrogens is 497 g/mol. The molecule has 1 unspecified atom stereocenters. The summed E-state index contributed by atoms with van der Waals surface area (Å²) in [5.41, 5.74) is -1.41. The molecule has 0 saturated heterocycles. The zero-order valence-electron chi connectivity index (χ0n) is 18.8. The van der Waals surface area contributed by atoms with Gasteiger partial charge in [-0.3, -0.25) is 0 Å². The second kappa shape index (κ2) is 8.41. The van der Waals surface area contributed by atoms with Crippen molar-refractivity contribution in [2.75, 3.05) is 6.79 Å². The first-order chi connectivity index (χ1) is 17.1. The van der Waals surface area contributed by atoms with E-state index in [-0.39, 0.29) is 22.8 Å². The molecule has 3 aromatic rings. The van der Waals surface area contributed by atoms with Crippen LogP contribution in [0.15, 0.2) is 71.1 Å². The summed E-state index contributed by atoms with van der Waals surface area (Å²) in [6.07, 6.45) is -4.41. The van der Waals surface area contributed by atoms with E-state index in [2.05, 4.69) is 0 Å². The normalized spacial score (nSPS) is 18.2. The van der Waals surface area contributed by atoms with Gasteiger partial charge in [0.05, 0.1) is 16.0 Å². The van der Waals surface area contributed by atoms with Gasteiger partial charge in [0.15, 0.2) is 21.3 Å². The maximum Gasteiger partial charge on any atom is 0.416 e. The van der Waals surface area contributed by atoms with Crippen LogP contribution in [0.3, 0.4) is 0 Å². The number of carboxylic acid groups (broad SMARTS) is 1. The highest BCUT2D eigenvalue weighted by atomic mass is 32.2. The Morgan fingerprint density at radius 1 is 1.06 bits per heavy atom. The molecule has 5 rings (SSSR count). The van der Waals surface area contributed by atoms with Gasteiger partial charge in [0.2, 0.25) is 6.79 Å². The van der Waals surface area contributed by atoms with Crippen molar-refractivity contribution in [3.63, 3.8) is 0 Å². The summed E-state index contributed by atoms with van der Waals surface area (Å²) in [6.45, 7) is 1.82. The minimum atomic E-state index is -4.90. The average molecular weight is 516 g/mol. The molecule has 2 heterocycles. The second-order valence-corrected chi connectivity index (χ2v) is 10.3. The second-order valence-electron chi connectivity index (χ2n) is 8.32. The van der Waals surface area contributed by atoms with Crippen molar-refractivity contribution in [1.29, 1.82) is 0 Å². The molecule has 0 radical (unpaired) electrons. The van der Waals surface area contributed by atoms with Crippen LogP contribution in [-0.2, 0) is 27.2 Å². The number of aryl methyl sites for hydroxylation is 1. The zero-order chi connectivity index (χ0) is 25.8. The van der Waals surface area contributed by atoms with Gasteiger partial charge in [-0.15, -0.1) is 0 Å². The first-order valence-electron chi connectivity index (χ1n) is 11.0. The number of benzene rings is 3. The van der Waals surface area contributed by atoms with Crippen LogP contribution in [0.1, 0.15) is 40.0 Å². The summed E-state index contributed by atoms with van der Waals surface area (Å²) in [5, 5.41) is 8.22. The van der Waals surface area contributed by atoms with E-state index in [1.807, 2.05) is 6.92 Å². The van der Waals surface area contributed by atoms with Gasteiger partial charge in [0.1, 0.15) is 5.25 Å². The van der Waals surface area contributed by atoms with Crippen molar-refractivity contribution >= 4 is 21.4 Å². The number of rotatable bonds is 4. The molecule has 0 aromatic heterocycles. The Labute approximate surface area is 204 Å². The van der Waals surface area contributed by atoms with Gasteiger partial charge in [0, 0.05) is 11.1 Å². The maximum atomic E-state index is 14.0. The Hall–Kier alpha value is -3.79. The number of hydrogen-bond donors (Lipinski definition) is 1. The monoisotopic (exact) mass is 516 g/mol. The van der Waals surface area contributed by atoms with Gasteiger partial charge < -0.3 is 14.6 Å². The predicted octanol–water partition coefficient (Wildman–Crippen LogP) is 5.41. The van der Waals surface area contributed by atoms with E-state index in [4.69, 9.17) is 9.47 Å². The number of sulfone groups is 1. The minimum absolute atomic E-state index is 0.0166. The van der Waals surface area contributed by atoms with Gasteiger partial charge in [-0.05, 0) is 47.4 Å². The first-order valence-corrected chi connectivity index (χ1v) is 12.5. The Morgan fingerprint density at radius 2 is 1.75 bits per heavy atom. The molecule has 2 aliphatic heterocycles. The van der Waals surface area contributed by atoms with Gasteiger partial charge in [0.25, 0.3) is 0 Å². The van der Waals surface area contributed by atoms with Gasteiger partial charge in [-0.2, -0.15) is 13.2 Å². The van der Waals surface area contributed by atoms with E-state index in [0.29, 0.717) is 29.0 Å². The molecule has 10 heteroatoms. The highest BCUT2D eigenvalue weighted by molar-refractivity contribution is 7.92. The molecule has 0 bridgehead atoms. The quantitative estimate of drug-likeness (QED) is 0.499. The number of fused-ring (bicyclic) bond motifs is 2. The largest absolute Gasteiger partial charge is 0.478 e. The predicted molar refractivity (Wildman–Crippen MR) is 123 cm³/mol. The summed E-state index contributed by atoms with van der Waals surface area (Å²) in [7, 11) is -4.58. The standard InChI is InChI=1S/C26H19F3O6S/c1-2-14-11-15(12-19-23(14)35-13-34-19)21-17-8-4-6-10-20(17)36(32,33)24(22(21)25(30)31)16-7-3-5-9-18(16)26(27,28)29/h3-12,24H,2,13H2,1H3,(H,30,31). The van der Waals surface area contributed by atoms with Crippen LogP contribution in [0.4, 0.5) is 13.2 Å². The van der Waals surface area contributed by atoms with E-state index < -0.39 is 43.9 Å². The van der Waals surface area contributed by atoms with E-state index in [1.54, 1.807) is 12.1 Å². The maximum absolute atomic E-state index is 14.0. The van der Waals surface area contributed by atoms with Gasteiger partial charge >= 0.3 is 12.1 Å². The molecule has 0 spiro atoms.